The van der Waals surface area contributed by atoms with Crippen molar-refractivity contribution in [1.29, 1.82) is 0 Å². The Labute approximate surface area is 62.8 Å². The van der Waals surface area contributed by atoms with Gasteiger partial charge in [-0.2, -0.15) is 0 Å². The van der Waals surface area contributed by atoms with Gasteiger partial charge in [-0.1, -0.05) is 0 Å². The highest BCUT2D eigenvalue weighted by atomic mass is 16.2. The molecule has 0 unspecified atom stereocenters. The maximum absolute atomic E-state index is 8.51. The molecule has 0 aromatic heterocycles. The minimum absolute atomic E-state index is 0.346. The smallest absolute Gasteiger partial charge is 0.0431 e. The molecule has 0 bridgehead atoms. The first-order valence-electron chi connectivity index (χ1n) is 4.15. The van der Waals surface area contributed by atoms with Crippen molar-refractivity contribution in [3.63, 3.8) is 0 Å². The van der Waals surface area contributed by atoms with Gasteiger partial charge in [0.05, 0.1) is 0 Å². The first-order valence-corrected chi connectivity index (χ1v) is 4.15. The van der Waals surface area contributed by atoms with Gasteiger partial charge in [0.15, 0.2) is 0 Å². The molecule has 0 amide bonds. The van der Waals surface area contributed by atoms with E-state index in [1.165, 1.54) is 12.8 Å². The average molecular weight is 143 g/mol. The molecule has 60 valence electrons. The van der Waals surface area contributed by atoms with Crippen molar-refractivity contribution in [3.8, 4) is 0 Å². The Hall–Kier alpha value is -0.0800. The summed E-state index contributed by atoms with van der Waals surface area (Å²) in [4.78, 5) is 2.40. The van der Waals surface area contributed by atoms with E-state index in [0.717, 1.165) is 25.4 Å². The molecule has 0 aromatic rings. The van der Waals surface area contributed by atoms with Gasteiger partial charge in [0.1, 0.15) is 0 Å². The van der Waals surface area contributed by atoms with Gasteiger partial charge in [-0.05, 0) is 39.3 Å². The van der Waals surface area contributed by atoms with Crippen LogP contribution >= 0.6 is 0 Å². The van der Waals surface area contributed by atoms with Crippen molar-refractivity contribution >= 4 is 0 Å². The summed E-state index contributed by atoms with van der Waals surface area (Å²) in [6, 6.07) is 0.874. The van der Waals surface area contributed by atoms with Crippen LogP contribution in [0.5, 0.6) is 0 Å². The van der Waals surface area contributed by atoms with Gasteiger partial charge >= 0.3 is 0 Å². The normalized spacial score (nSPS) is 18.3. The van der Waals surface area contributed by atoms with Crippen molar-refractivity contribution < 1.29 is 5.11 Å². The Morgan fingerprint density at radius 2 is 2.10 bits per heavy atom. The Morgan fingerprint density at radius 3 is 2.60 bits per heavy atom. The lowest BCUT2D eigenvalue weighted by molar-refractivity contribution is 0.260. The van der Waals surface area contributed by atoms with E-state index in [1.54, 1.807) is 0 Å². The fraction of sp³-hybridized carbons (Fsp3) is 1.00. The molecule has 0 aromatic carbocycles. The van der Waals surface area contributed by atoms with Crippen LogP contribution in [0.15, 0.2) is 0 Å². The van der Waals surface area contributed by atoms with Gasteiger partial charge in [-0.15, -0.1) is 0 Å². The monoisotopic (exact) mass is 143 g/mol. The van der Waals surface area contributed by atoms with Crippen LogP contribution in [0.3, 0.4) is 0 Å². The zero-order valence-electron chi connectivity index (χ0n) is 6.71. The molecule has 1 aliphatic rings. The molecule has 1 aliphatic carbocycles. The summed E-state index contributed by atoms with van der Waals surface area (Å²) in [6.07, 6.45) is 4.87. The second-order valence-corrected chi connectivity index (χ2v) is 3.14. The summed E-state index contributed by atoms with van der Waals surface area (Å²) >= 11 is 0. The molecule has 2 heteroatoms. The van der Waals surface area contributed by atoms with Crippen molar-refractivity contribution in [2.75, 3.05) is 20.2 Å². The molecule has 0 radical (unpaired) electrons. The van der Waals surface area contributed by atoms with Gasteiger partial charge in [0, 0.05) is 12.6 Å². The molecule has 0 aliphatic heterocycles. The number of hydrogen-bond acceptors (Lipinski definition) is 2. The lowest BCUT2D eigenvalue weighted by atomic mass is 10.3. The van der Waals surface area contributed by atoms with Crippen LogP contribution in [-0.2, 0) is 0 Å². The summed E-state index contributed by atoms with van der Waals surface area (Å²) < 4.78 is 0. The molecular weight excluding hydrogens is 126 g/mol. The maximum Gasteiger partial charge on any atom is 0.0431 e. The van der Waals surface area contributed by atoms with Crippen LogP contribution < -0.4 is 0 Å². The van der Waals surface area contributed by atoms with Crippen LogP contribution in [0, 0.1) is 0 Å². The predicted molar refractivity (Wildman–Crippen MR) is 42.0 cm³/mol. The quantitative estimate of drug-likeness (QED) is 0.577. The molecule has 10 heavy (non-hydrogen) atoms. The van der Waals surface area contributed by atoms with Gasteiger partial charge in [-0.3, -0.25) is 0 Å². The van der Waals surface area contributed by atoms with Crippen molar-refractivity contribution in [2.24, 2.45) is 0 Å². The molecule has 1 rings (SSSR count). The summed E-state index contributed by atoms with van der Waals surface area (Å²) in [5.74, 6) is 0. The predicted octanol–water partition coefficient (Wildman–Crippen LogP) is 0.853. The highest BCUT2D eigenvalue weighted by Gasteiger charge is 2.25. The fourth-order valence-corrected chi connectivity index (χ4v) is 1.17. The molecule has 1 saturated carbocycles. The first kappa shape index (κ1) is 8.02. The summed E-state index contributed by atoms with van der Waals surface area (Å²) in [5, 5.41) is 8.51. The highest BCUT2D eigenvalue weighted by molar-refractivity contribution is 4.81. The zero-order chi connectivity index (χ0) is 7.40. The number of unbranched alkanes of at least 4 members (excludes halogenated alkanes) is 1. The molecule has 1 N–H and O–H groups in total. The van der Waals surface area contributed by atoms with E-state index < -0.39 is 0 Å². The van der Waals surface area contributed by atoms with Crippen LogP contribution in [0.25, 0.3) is 0 Å². The second kappa shape index (κ2) is 3.94. The maximum atomic E-state index is 8.51. The molecule has 0 spiro atoms. The highest BCUT2D eigenvalue weighted by Crippen LogP contribution is 2.25. The number of rotatable bonds is 5. The first-order chi connectivity index (χ1) is 4.84. The van der Waals surface area contributed by atoms with Crippen molar-refractivity contribution in [2.45, 2.75) is 31.7 Å². The van der Waals surface area contributed by atoms with Crippen LogP contribution in [0.2, 0.25) is 0 Å². The van der Waals surface area contributed by atoms with E-state index in [0.29, 0.717) is 6.61 Å². The molecule has 0 saturated heterocycles. The van der Waals surface area contributed by atoms with Gasteiger partial charge in [0.25, 0.3) is 0 Å². The number of hydrogen-bond donors (Lipinski definition) is 1. The Morgan fingerprint density at radius 1 is 1.40 bits per heavy atom. The second-order valence-electron chi connectivity index (χ2n) is 3.14. The van der Waals surface area contributed by atoms with Gasteiger partial charge in [0.2, 0.25) is 0 Å². The van der Waals surface area contributed by atoms with Crippen LogP contribution in [0.1, 0.15) is 25.7 Å². The minimum atomic E-state index is 0.346. The largest absolute Gasteiger partial charge is 0.396 e. The van der Waals surface area contributed by atoms with Crippen molar-refractivity contribution in [3.05, 3.63) is 0 Å². The van der Waals surface area contributed by atoms with Crippen molar-refractivity contribution in [1.82, 2.24) is 4.90 Å². The van der Waals surface area contributed by atoms with E-state index >= 15 is 0 Å². The molecule has 1 fully saturated rings. The topological polar surface area (TPSA) is 23.5 Å². The van der Waals surface area contributed by atoms with Gasteiger partial charge < -0.3 is 10.0 Å². The fourth-order valence-electron chi connectivity index (χ4n) is 1.17. The lowest BCUT2D eigenvalue weighted by Gasteiger charge is -2.14. The minimum Gasteiger partial charge on any atom is -0.396 e. The van der Waals surface area contributed by atoms with E-state index in [-0.39, 0.29) is 0 Å². The van der Waals surface area contributed by atoms with E-state index in [4.69, 9.17) is 5.11 Å². The van der Waals surface area contributed by atoms with Gasteiger partial charge in [-0.25, -0.2) is 0 Å². The third-order valence-electron chi connectivity index (χ3n) is 2.09. The SMILES string of the molecule is CN(CCCCO)C1CC1. The summed E-state index contributed by atoms with van der Waals surface area (Å²) in [5.41, 5.74) is 0. The third kappa shape index (κ3) is 2.67. The number of aliphatic hydroxyl groups is 1. The lowest BCUT2D eigenvalue weighted by Crippen LogP contribution is -2.21. The summed E-state index contributed by atoms with van der Waals surface area (Å²) in [6.45, 7) is 1.50. The molecule has 0 heterocycles. The Kier molecular flexibility index (Phi) is 3.16. The summed E-state index contributed by atoms with van der Waals surface area (Å²) in [7, 11) is 2.18. The number of aliphatic hydroxyl groups excluding tert-OH is 1. The van der Waals surface area contributed by atoms with Crippen LogP contribution in [-0.4, -0.2) is 36.2 Å². The average Bonchev–Trinajstić information content (AvgIpc) is 2.69. The van der Waals surface area contributed by atoms with E-state index in [2.05, 4.69) is 11.9 Å². The standard InChI is InChI=1S/C8H17NO/c1-9(8-4-5-8)6-2-3-7-10/h8,10H,2-7H2,1H3. The van der Waals surface area contributed by atoms with E-state index in [9.17, 15) is 0 Å². The zero-order valence-corrected chi connectivity index (χ0v) is 6.71. The molecule has 2 nitrogen and oxygen atoms in total. The van der Waals surface area contributed by atoms with Crippen LogP contribution in [0.4, 0.5) is 0 Å². The Bertz CT molecular complexity index is 91.3. The molecular formula is C8H17NO. The third-order valence-corrected chi connectivity index (χ3v) is 2.09. The Balaban J connectivity index is 1.90. The van der Waals surface area contributed by atoms with E-state index in [1.807, 2.05) is 0 Å². The number of nitrogens with zero attached hydrogens (tertiary/aromatic N) is 1. The molecule has 0 atom stereocenters.